The van der Waals surface area contributed by atoms with E-state index < -0.39 is 10.8 Å². The molecule has 0 bridgehead atoms. The number of allylic oxidation sites excluding steroid dienone is 1. The lowest BCUT2D eigenvalue weighted by Crippen LogP contribution is -2.27. The maximum Gasteiger partial charge on any atom is 0.261 e. The van der Waals surface area contributed by atoms with Gasteiger partial charge in [-0.25, -0.2) is 0 Å². The fraction of sp³-hybridized carbons (Fsp3) is 0.571. The van der Waals surface area contributed by atoms with Crippen molar-refractivity contribution in [2.24, 2.45) is 0 Å². The molecule has 1 unspecified atom stereocenters. The summed E-state index contributed by atoms with van der Waals surface area (Å²) in [6.45, 7) is 21.6. The molecule has 3 N–H and O–H groups in total. The molecule has 0 spiro atoms. The number of rotatable bonds is 6. The van der Waals surface area contributed by atoms with Crippen molar-refractivity contribution in [3.8, 4) is 0 Å². The summed E-state index contributed by atoms with van der Waals surface area (Å²) in [7, 11) is -1.02. The highest BCUT2D eigenvalue weighted by atomic mass is 32.2. The Morgan fingerprint density at radius 1 is 1.30 bits per heavy atom. The van der Waals surface area contributed by atoms with Crippen molar-refractivity contribution in [3.05, 3.63) is 57.7 Å². The molecule has 0 radical (unpaired) electrons. The number of amides is 1. The molecule has 1 aliphatic heterocycles. The number of pyridine rings is 1. The minimum absolute atomic E-state index is 0. The highest BCUT2D eigenvalue weighted by molar-refractivity contribution is 7.85. The second-order valence-electron chi connectivity index (χ2n) is 8.09. The lowest BCUT2D eigenvalue weighted by atomic mass is 10.0. The summed E-state index contributed by atoms with van der Waals surface area (Å²) in [5, 5.41) is 2.97. The third kappa shape index (κ3) is 11.1. The minimum Gasteiger partial charge on any atom is -0.412 e. The van der Waals surface area contributed by atoms with Crippen molar-refractivity contribution in [3.63, 3.8) is 0 Å². The van der Waals surface area contributed by atoms with Gasteiger partial charge in [0.15, 0.2) is 0 Å². The van der Waals surface area contributed by atoms with Crippen molar-refractivity contribution < 1.29 is 20.6 Å². The van der Waals surface area contributed by atoms with Gasteiger partial charge in [-0.1, -0.05) is 48.1 Å². The van der Waals surface area contributed by atoms with E-state index in [9.17, 15) is 9.00 Å². The molecule has 2 aromatic heterocycles. The van der Waals surface area contributed by atoms with E-state index in [-0.39, 0.29) is 18.7 Å². The molecule has 7 nitrogen and oxygen atoms in total. The van der Waals surface area contributed by atoms with Crippen LogP contribution in [0.4, 0.5) is 0 Å². The van der Waals surface area contributed by atoms with E-state index >= 15 is 0 Å². The highest BCUT2D eigenvalue weighted by Crippen LogP contribution is 2.31. The van der Waals surface area contributed by atoms with E-state index in [2.05, 4.69) is 28.7 Å². The van der Waals surface area contributed by atoms with Gasteiger partial charge in [0.05, 0.1) is 46.0 Å². The number of carbonyl (C=O) groups is 1. The van der Waals surface area contributed by atoms with Crippen molar-refractivity contribution in [1.82, 2.24) is 15.2 Å². The number of hydrogen-bond donors (Lipinski definition) is 1. The Kier molecular flexibility index (Phi) is 18.0. The molecule has 0 fully saturated rings. The summed E-state index contributed by atoms with van der Waals surface area (Å²) in [6, 6.07) is 5.66. The zero-order valence-corrected chi connectivity index (χ0v) is 25.3. The van der Waals surface area contributed by atoms with Crippen LogP contribution in [-0.4, -0.2) is 57.5 Å². The molecule has 3 heterocycles. The fourth-order valence-corrected chi connectivity index (χ4v) is 5.65. The summed E-state index contributed by atoms with van der Waals surface area (Å²) in [5.41, 5.74) is 3.03. The Morgan fingerprint density at radius 2 is 2.00 bits per heavy atom. The summed E-state index contributed by atoms with van der Waals surface area (Å²) in [4.78, 5) is 22.1. The molecule has 37 heavy (non-hydrogen) atoms. The molecule has 1 amide bonds. The van der Waals surface area contributed by atoms with Crippen LogP contribution in [0.3, 0.4) is 0 Å². The lowest BCUT2D eigenvalue weighted by Gasteiger charge is -2.24. The number of aryl methyl sites for hydroxylation is 1. The normalized spacial score (nSPS) is 16.2. The van der Waals surface area contributed by atoms with Crippen molar-refractivity contribution >= 4 is 28.0 Å². The van der Waals surface area contributed by atoms with Crippen molar-refractivity contribution in [1.29, 1.82) is 0 Å². The molecular formula is C28H49N3O4S2. The molecule has 0 aromatic carbocycles. The Hall–Kier alpha value is -2.07. The van der Waals surface area contributed by atoms with Gasteiger partial charge < -0.3 is 20.4 Å². The van der Waals surface area contributed by atoms with Gasteiger partial charge in [-0.15, -0.1) is 11.3 Å². The summed E-state index contributed by atoms with van der Waals surface area (Å²) in [6.07, 6.45) is 3.59. The Balaban J connectivity index is 0. The number of ether oxygens (including phenoxy) is 1. The fourth-order valence-electron chi connectivity index (χ4n) is 3.69. The first-order valence-corrected chi connectivity index (χ1v) is 15.2. The van der Waals surface area contributed by atoms with E-state index in [1.807, 2.05) is 59.7 Å². The first kappa shape index (κ1) is 34.9. The second-order valence-corrected chi connectivity index (χ2v) is 11.0. The second kappa shape index (κ2) is 19.1. The van der Waals surface area contributed by atoms with Crippen LogP contribution < -0.4 is 5.32 Å². The van der Waals surface area contributed by atoms with E-state index in [0.29, 0.717) is 30.4 Å². The Labute approximate surface area is 232 Å². The van der Waals surface area contributed by atoms with Crippen LogP contribution in [0.25, 0.3) is 0 Å². The average Bonchev–Trinajstić information content (AvgIpc) is 3.33. The van der Waals surface area contributed by atoms with Gasteiger partial charge in [0.25, 0.3) is 5.91 Å². The number of nitrogens with one attached hydrogen (secondary N) is 1. The van der Waals surface area contributed by atoms with Crippen LogP contribution in [0.1, 0.15) is 88.0 Å². The molecule has 0 saturated carbocycles. The lowest BCUT2D eigenvalue weighted by molar-refractivity contribution is 0.0953. The number of fused-ring (bicyclic) bond motifs is 1. The predicted molar refractivity (Wildman–Crippen MR) is 159 cm³/mol. The standard InChI is InChI=1S/C24H33N3O3S2.2C2H6.H2O.H2/c1-5-32(29)20-9-8-19(25-15-20)14-26-24(28)23-13-21-18(4)16-30-12-11-27(17(2)3)10-6-7-22(21)31-23;2*1-2;;/h8-9,13,15,18H,2,5-7,10-12,14,16H2,1,3-4H3,(H,26,28);2*1-2H3;1H2;1H/t18-,32?;;;;/m1..../s1. The third-order valence-electron chi connectivity index (χ3n) is 5.59. The summed E-state index contributed by atoms with van der Waals surface area (Å²) >= 11 is 1.58. The Bertz CT molecular complexity index is 968. The largest absolute Gasteiger partial charge is 0.412 e. The molecule has 0 aliphatic carbocycles. The molecular weight excluding hydrogens is 506 g/mol. The van der Waals surface area contributed by atoms with Crippen LogP contribution in [0, 0.1) is 0 Å². The van der Waals surface area contributed by atoms with Crippen LogP contribution >= 0.6 is 11.3 Å². The molecule has 1 aliphatic rings. The molecule has 9 heteroatoms. The number of aromatic nitrogens is 1. The number of carbonyl (C=O) groups excluding carboxylic acids is 1. The minimum atomic E-state index is -1.02. The van der Waals surface area contributed by atoms with Gasteiger partial charge in [0, 0.05) is 43.0 Å². The van der Waals surface area contributed by atoms with Gasteiger partial charge in [-0.3, -0.25) is 14.0 Å². The number of nitrogens with zero attached hydrogens (tertiary/aromatic N) is 2. The number of hydrogen-bond acceptors (Lipinski definition) is 6. The van der Waals surface area contributed by atoms with Crippen molar-refractivity contribution in [2.45, 2.75) is 78.7 Å². The maximum atomic E-state index is 12.8. The van der Waals surface area contributed by atoms with E-state index in [1.165, 1.54) is 10.4 Å². The smallest absolute Gasteiger partial charge is 0.261 e. The van der Waals surface area contributed by atoms with Crippen LogP contribution in [0.5, 0.6) is 0 Å². The van der Waals surface area contributed by atoms with Gasteiger partial charge >= 0.3 is 0 Å². The zero-order valence-electron chi connectivity index (χ0n) is 23.7. The monoisotopic (exact) mass is 555 g/mol. The highest BCUT2D eigenvalue weighted by Gasteiger charge is 2.20. The van der Waals surface area contributed by atoms with Gasteiger partial charge in [-0.05, 0) is 43.5 Å². The van der Waals surface area contributed by atoms with Crippen molar-refractivity contribution in [2.75, 3.05) is 32.1 Å². The van der Waals surface area contributed by atoms with Crippen LogP contribution in [0.2, 0.25) is 0 Å². The first-order chi connectivity index (χ1) is 17.4. The van der Waals surface area contributed by atoms with Gasteiger partial charge in [-0.2, -0.15) is 0 Å². The molecule has 2 atom stereocenters. The topological polar surface area (TPSA) is 103 Å². The van der Waals surface area contributed by atoms with E-state index in [0.717, 1.165) is 42.2 Å². The van der Waals surface area contributed by atoms with Gasteiger partial charge in [0.2, 0.25) is 0 Å². The zero-order chi connectivity index (χ0) is 27.1. The molecule has 2 aromatic rings. The summed E-state index contributed by atoms with van der Waals surface area (Å²) < 4.78 is 17.8. The predicted octanol–water partition coefficient (Wildman–Crippen LogP) is 5.58. The average molecular weight is 556 g/mol. The Morgan fingerprint density at radius 3 is 2.59 bits per heavy atom. The SMILES string of the molecule is C=C(C)N1CCCc2sc(C(=O)NCc3ccc(S(=O)CC)cn3)cc2[C@H](C)COCC1.CC.CC.O.[HH]. The number of thiophene rings is 1. The first-order valence-electron chi connectivity index (χ1n) is 13.1. The summed E-state index contributed by atoms with van der Waals surface area (Å²) in [5.74, 6) is 0.720. The van der Waals surface area contributed by atoms with E-state index in [1.54, 1.807) is 17.5 Å². The van der Waals surface area contributed by atoms with Gasteiger partial charge in [0.1, 0.15) is 0 Å². The molecule has 3 rings (SSSR count). The quantitative estimate of drug-likeness (QED) is 0.501. The molecule has 0 saturated heterocycles. The third-order valence-corrected chi connectivity index (χ3v) is 8.10. The van der Waals surface area contributed by atoms with E-state index in [4.69, 9.17) is 4.74 Å². The van der Waals surface area contributed by atoms with Crippen LogP contribution in [0.15, 0.2) is 41.6 Å². The van der Waals surface area contributed by atoms with Crippen LogP contribution in [-0.2, 0) is 28.5 Å². The maximum absolute atomic E-state index is 12.8. The molecule has 212 valence electrons.